The number of aryl methyl sites for hydroxylation is 1. The molecule has 0 spiro atoms. The Balaban J connectivity index is 1.54. The van der Waals surface area contributed by atoms with E-state index in [2.05, 4.69) is 10.4 Å². The Hall–Kier alpha value is -3.03. The van der Waals surface area contributed by atoms with Crippen LogP contribution >= 0.6 is 0 Å². The van der Waals surface area contributed by atoms with E-state index in [1.165, 1.54) is 16.8 Å². The van der Waals surface area contributed by atoms with Gasteiger partial charge in [-0.1, -0.05) is 30.3 Å². The Labute approximate surface area is 180 Å². The smallest absolute Gasteiger partial charge is 0.269 e. The van der Waals surface area contributed by atoms with Crippen LogP contribution < -0.4 is 5.32 Å². The van der Waals surface area contributed by atoms with Crippen LogP contribution in [0, 0.1) is 11.7 Å². The van der Waals surface area contributed by atoms with Crippen LogP contribution in [0.1, 0.15) is 28.9 Å². The van der Waals surface area contributed by atoms with E-state index in [0.29, 0.717) is 24.6 Å². The van der Waals surface area contributed by atoms with Crippen LogP contribution in [0.5, 0.6) is 0 Å². The summed E-state index contributed by atoms with van der Waals surface area (Å²) in [7, 11) is 1.68. The van der Waals surface area contributed by atoms with Gasteiger partial charge >= 0.3 is 0 Å². The Bertz CT molecular complexity index is 1030. The van der Waals surface area contributed by atoms with E-state index in [4.69, 9.17) is 4.74 Å². The van der Waals surface area contributed by atoms with E-state index in [9.17, 15) is 14.3 Å². The van der Waals surface area contributed by atoms with Crippen molar-refractivity contribution in [2.45, 2.75) is 18.4 Å². The van der Waals surface area contributed by atoms with Gasteiger partial charge in [0.15, 0.2) is 0 Å². The fourth-order valence-electron chi connectivity index (χ4n) is 4.13. The zero-order valence-corrected chi connectivity index (χ0v) is 17.4. The van der Waals surface area contributed by atoms with Crippen molar-refractivity contribution in [3.05, 3.63) is 77.7 Å². The molecule has 1 fully saturated rings. The summed E-state index contributed by atoms with van der Waals surface area (Å²) in [6.45, 7) is 1.27. The average Bonchev–Trinajstić information content (AvgIpc) is 3.20. The van der Waals surface area contributed by atoms with E-state index in [1.807, 2.05) is 30.3 Å². The maximum Gasteiger partial charge on any atom is 0.269 e. The molecule has 1 aliphatic rings. The second kappa shape index (κ2) is 8.99. The quantitative estimate of drug-likeness (QED) is 0.638. The fourth-order valence-corrected chi connectivity index (χ4v) is 4.13. The molecular formula is C24H26FN3O3. The molecule has 0 saturated carbocycles. The topological polar surface area (TPSA) is 76.4 Å². The highest BCUT2D eigenvalue weighted by Gasteiger charge is 2.39. The van der Waals surface area contributed by atoms with E-state index < -0.39 is 5.60 Å². The van der Waals surface area contributed by atoms with Crippen molar-refractivity contribution in [1.29, 1.82) is 0 Å². The number of hydrogen-bond donors (Lipinski definition) is 2. The van der Waals surface area contributed by atoms with Crippen LogP contribution in [0.4, 0.5) is 4.39 Å². The Morgan fingerprint density at radius 1 is 1.19 bits per heavy atom. The Morgan fingerprint density at radius 3 is 2.55 bits per heavy atom. The van der Waals surface area contributed by atoms with Gasteiger partial charge in [-0.05, 0) is 54.7 Å². The summed E-state index contributed by atoms with van der Waals surface area (Å²) < 4.78 is 20.1. The molecule has 0 bridgehead atoms. The molecule has 162 valence electrons. The normalized spacial score (nSPS) is 16.6. The summed E-state index contributed by atoms with van der Waals surface area (Å²) in [5.74, 6) is -0.680. The second-order valence-electron chi connectivity index (χ2n) is 7.90. The molecule has 6 nitrogen and oxygen atoms in total. The first-order valence-electron chi connectivity index (χ1n) is 10.4. The van der Waals surface area contributed by atoms with Gasteiger partial charge in [0.1, 0.15) is 17.1 Å². The molecule has 31 heavy (non-hydrogen) atoms. The number of rotatable bonds is 6. The van der Waals surface area contributed by atoms with Crippen LogP contribution in [0.2, 0.25) is 0 Å². The molecule has 1 amide bonds. The first kappa shape index (κ1) is 21.2. The van der Waals surface area contributed by atoms with Crippen LogP contribution in [-0.4, -0.2) is 40.6 Å². The summed E-state index contributed by atoms with van der Waals surface area (Å²) in [5, 5.41) is 18.9. The van der Waals surface area contributed by atoms with Crippen molar-refractivity contribution in [1.82, 2.24) is 15.1 Å². The highest BCUT2D eigenvalue weighted by atomic mass is 19.1. The number of ether oxygens (including phenoxy) is 1. The van der Waals surface area contributed by atoms with Crippen molar-refractivity contribution in [3.8, 4) is 11.3 Å². The number of aromatic nitrogens is 2. The number of hydrogen-bond acceptors (Lipinski definition) is 4. The molecule has 2 N–H and O–H groups in total. The number of benzene rings is 2. The van der Waals surface area contributed by atoms with Gasteiger partial charge in [-0.25, -0.2) is 4.39 Å². The highest BCUT2D eigenvalue weighted by molar-refractivity contribution is 5.93. The van der Waals surface area contributed by atoms with Gasteiger partial charge in [-0.2, -0.15) is 5.10 Å². The van der Waals surface area contributed by atoms with Gasteiger partial charge in [-0.3, -0.25) is 9.48 Å². The van der Waals surface area contributed by atoms with Crippen LogP contribution in [0.25, 0.3) is 11.3 Å². The number of carbonyl (C=O) groups excluding carboxylic acids is 1. The maximum absolute atomic E-state index is 13.2. The van der Waals surface area contributed by atoms with E-state index >= 15 is 0 Å². The van der Waals surface area contributed by atoms with E-state index in [0.717, 1.165) is 24.0 Å². The second-order valence-corrected chi connectivity index (χ2v) is 7.90. The zero-order valence-electron chi connectivity index (χ0n) is 17.4. The highest BCUT2D eigenvalue weighted by Crippen LogP contribution is 2.35. The van der Waals surface area contributed by atoms with Gasteiger partial charge in [0.2, 0.25) is 0 Å². The predicted molar refractivity (Wildman–Crippen MR) is 115 cm³/mol. The van der Waals surface area contributed by atoms with Crippen LogP contribution in [0.3, 0.4) is 0 Å². The van der Waals surface area contributed by atoms with Crippen molar-refractivity contribution in [2.24, 2.45) is 13.0 Å². The molecule has 2 aromatic carbocycles. The average molecular weight is 423 g/mol. The lowest BCUT2D eigenvalue weighted by Crippen LogP contribution is -2.48. The Kier molecular flexibility index (Phi) is 6.15. The molecule has 0 radical (unpaired) electrons. The van der Waals surface area contributed by atoms with Crippen molar-refractivity contribution < 1.29 is 19.0 Å². The number of amides is 1. The summed E-state index contributed by atoms with van der Waals surface area (Å²) >= 11 is 0. The van der Waals surface area contributed by atoms with Crippen molar-refractivity contribution in [2.75, 3.05) is 19.8 Å². The summed E-state index contributed by atoms with van der Waals surface area (Å²) in [6.07, 6.45) is 1.45. The third kappa shape index (κ3) is 4.52. The molecule has 1 unspecified atom stereocenters. The SMILES string of the molecule is Cn1nc(-c2ccc(F)cc2)cc1C(=O)NCC(O)(c1ccccc1)C1CCOCC1. The lowest BCUT2D eigenvalue weighted by molar-refractivity contribution is -0.0680. The lowest BCUT2D eigenvalue weighted by atomic mass is 9.77. The molecule has 1 aliphatic heterocycles. The number of nitrogens with zero attached hydrogens (tertiary/aromatic N) is 2. The van der Waals surface area contributed by atoms with Gasteiger partial charge in [0.05, 0.1) is 12.2 Å². The first-order chi connectivity index (χ1) is 15.0. The van der Waals surface area contributed by atoms with Crippen LogP contribution in [0.15, 0.2) is 60.7 Å². The first-order valence-corrected chi connectivity index (χ1v) is 10.4. The summed E-state index contributed by atoms with van der Waals surface area (Å²) in [6, 6.07) is 17.1. The largest absolute Gasteiger partial charge is 0.383 e. The molecule has 4 rings (SSSR count). The minimum atomic E-state index is -1.20. The minimum absolute atomic E-state index is 0.0229. The fraction of sp³-hybridized carbons (Fsp3) is 0.333. The molecule has 7 heteroatoms. The number of halogens is 1. The van der Waals surface area contributed by atoms with Gasteiger partial charge < -0.3 is 15.2 Å². The molecule has 1 aromatic heterocycles. The summed E-state index contributed by atoms with van der Waals surface area (Å²) in [5.41, 5.74) is 1.24. The molecule has 2 heterocycles. The standard InChI is InChI=1S/C24H26FN3O3/c1-28-22(15-21(27-28)17-7-9-20(25)10-8-17)23(29)26-16-24(30,18-5-3-2-4-6-18)19-11-13-31-14-12-19/h2-10,15,19,30H,11-14,16H2,1H3,(H,26,29). The van der Waals surface area contributed by atoms with E-state index in [-0.39, 0.29) is 24.2 Å². The molecule has 1 saturated heterocycles. The number of nitrogens with one attached hydrogen (secondary N) is 1. The van der Waals surface area contributed by atoms with Crippen LogP contribution in [-0.2, 0) is 17.4 Å². The molecule has 3 aromatic rings. The minimum Gasteiger partial charge on any atom is -0.383 e. The Morgan fingerprint density at radius 2 is 1.87 bits per heavy atom. The predicted octanol–water partition coefficient (Wildman–Crippen LogP) is 3.27. The third-order valence-electron chi connectivity index (χ3n) is 5.94. The number of aliphatic hydroxyl groups is 1. The van der Waals surface area contributed by atoms with E-state index in [1.54, 1.807) is 25.2 Å². The van der Waals surface area contributed by atoms with Crippen molar-refractivity contribution in [3.63, 3.8) is 0 Å². The molecular weight excluding hydrogens is 397 g/mol. The lowest BCUT2D eigenvalue weighted by Gasteiger charge is -2.39. The molecule has 1 atom stereocenters. The molecule has 0 aliphatic carbocycles. The van der Waals surface area contributed by atoms with Crippen molar-refractivity contribution >= 4 is 5.91 Å². The monoisotopic (exact) mass is 423 g/mol. The number of carbonyl (C=O) groups is 1. The zero-order chi connectivity index (χ0) is 21.8. The third-order valence-corrected chi connectivity index (χ3v) is 5.94. The van der Waals surface area contributed by atoms with Gasteiger partial charge in [0, 0.05) is 25.8 Å². The maximum atomic E-state index is 13.2. The van der Waals surface area contributed by atoms with Gasteiger partial charge in [0.25, 0.3) is 5.91 Å². The van der Waals surface area contributed by atoms with Gasteiger partial charge in [-0.15, -0.1) is 0 Å². The summed E-state index contributed by atoms with van der Waals surface area (Å²) in [4.78, 5) is 13.0.